The van der Waals surface area contributed by atoms with Gasteiger partial charge in [-0.3, -0.25) is 14.4 Å². The summed E-state index contributed by atoms with van der Waals surface area (Å²) in [5.41, 5.74) is 1.26. The standard InChI is InChI=1S/C32H35N3O5/c36-29(32(39)34-18-7-8-19-34)28-17-10-20-35(28)31(38)27(21-23-11-3-1-4-12-23)33-30(37)24-13-9-16-26(22-24)40-25-14-5-2-6-15-25/h1-6,9,11-16,22,27-29,36H,7-8,10,17-21H2,(H,33,37)/t27-,28-,29?/m0/s1. The van der Waals surface area contributed by atoms with Crippen LogP contribution in [0.3, 0.4) is 0 Å². The molecule has 0 saturated carbocycles. The van der Waals surface area contributed by atoms with Crippen molar-refractivity contribution in [2.45, 2.75) is 50.3 Å². The molecule has 8 heteroatoms. The Bertz CT molecular complexity index is 1310. The van der Waals surface area contributed by atoms with Crippen molar-refractivity contribution in [2.24, 2.45) is 0 Å². The van der Waals surface area contributed by atoms with Crippen molar-refractivity contribution in [2.75, 3.05) is 19.6 Å². The minimum Gasteiger partial charge on any atom is -0.457 e. The Labute approximate surface area is 234 Å². The molecule has 0 aromatic heterocycles. The molecule has 0 bridgehead atoms. The molecule has 1 unspecified atom stereocenters. The summed E-state index contributed by atoms with van der Waals surface area (Å²) in [6.45, 7) is 1.70. The Morgan fingerprint density at radius 2 is 1.50 bits per heavy atom. The number of benzene rings is 3. The Balaban J connectivity index is 1.33. The molecule has 208 valence electrons. The first kappa shape index (κ1) is 27.4. The molecule has 2 aliphatic rings. The van der Waals surface area contributed by atoms with Crippen LogP contribution in [0.4, 0.5) is 0 Å². The summed E-state index contributed by atoms with van der Waals surface area (Å²) >= 11 is 0. The molecule has 3 amide bonds. The summed E-state index contributed by atoms with van der Waals surface area (Å²) in [4.78, 5) is 43.6. The second kappa shape index (κ2) is 12.8. The number of carbonyl (C=O) groups is 3. The number of hydrogen-bond donors (Lipinski definition) is 2. The van der Waals surface area contributed by atoms with Crippen LogP contribution in [0.15, 0.2) is 84.9 Å². The highest BCUT2D eigenvalue weighted by atomic mass is 16.5. The zero-order chi connectivity index (χ0) is 27.9. The summed E-state index contributed by atoms with van der Waals surface area (Å²) < 4.78 is 5.88. The van der Waals surface area contributed by atoms with E-state index in [9.17, 15) is 19.5 Å². The van der Waals surface area contributed by atoms with E-state index >= 15 is 0 Å². The highest BCUT2D eigenvalue weighted by Crippen LogP contribution is 2.25. The van der Waals surface area contributed by atoms with Gasteiger partial charge in [-0.1, -0.05) is 54.6 Å². The zero-order valence-electron chi connectivity index (χ0n) is 22.4. The van der Waals surface area contributed by atoms with E-state index in [-0.39, 0.29) is 18.2 Å². The normalized spacial score (nSPS) is 18.3. The Hall–Kier alpha value is -4.17. The van der Waals surface area contributed by atoms with Crippen LogP contribution in [0, 0.1) is 0 Å². The van der Waals surface area contributed by atoms with Crippen LogP contribution >= 0.6 is 0 Å². The van der Waals surface area contributed by atoms with Crippen molar-refractivity contribution in [1.29, 1.82) is 0 Å². The molecular weight excluding hydrogens is 506 g/mol. The summed E-state index contributed by atoms with van der Waals surface area (Å²) in [5.74, 6) is 0.134. The number of hydrogen-bond acceptors (Lipinski definition) is 5. The van der Waals surface area contributed by atoms with Gasteiger partial charge in [0, 0.05) is 31.6 Å². The third-order valence-electron chi connectivity index (χ3n) is 7.58. The molecule has 2 saturated heterocycles. The fourth-order valence-electron chi connectivity index (χ4n) is 5.50. The van der Waals surface area contributed by atoms with E-state index < -0.39 is 24.1 Å². The molecule has 8 nitrogen and oxygen atoms in total. The molecule has 40 heavy (non-hydrogen) atoms. The lowest BCUT2D eigenvalue weighted by atomic mass is 10.0. The number of likely N-dealkylation sites (tertiary alicyclic amines) is 2. The largest absolute Gasteiger partial charge is 0.457 e. The Morgan fingerprint density at radius 3 is 2.23 bits per heavy atom. The average molecular weight is 542 g/mol. The smallest absolute Gasteiger partial charge is 0.253 e. The molecule has 0 aliphatic carbocycles. The average Bonchev–Trinajstić information content (AvgIpc) is 3.70. The minimum atomic E-state index is -1.27. The lowest BCUT2D eigenvalue weighted by Gasteiger charge is -2.33. The van der Waals surface area contributed by atoms with Crippen LogP contribution in [-0.4, -0.2) is 70.4 Å². The highest BCUT2D eigenvalue weighted by molar-refractivity contribution is 5.98. The Kier molecular flexibility index (Phi) is 8.76. The van der Waals surface area contributed by atoms with Crippen molar-refractivity contribution in [3.63, 3.8) is 0 Å². The number of para-hydroxylation sites is 1. The number of nitrogens with one attached hydrogen (secondary N) is 1. The van der Waals surface area contributed by atoms with Gasteiger partial charge in [-0.05, 0) is 61.6 Å². The zero-order valence-corrected chi connectivity index (χ0v) is 22.4. The third kappa shape index (κ3) is 6.51. The van der Waals surface area contributed by atoms with E-state index in [1.807, 2.05) is 60.7 Å². The second-order valence-electron chi connectivity index (χ2n) is 10.4. The van der Waals surface area contributed by atoms with Crippen LogP contribution in [0.1, 0.15) is 41.6 Å². The maximum atomic E-state index is 13.9. The van der Waals surface area contributed by atoms with Gasteiger partial charge in [0.05, 0.1) is 6.04 Å². The van der Waals surface area contributed by atoms with E-state index in [1.165, 1.54) is 0 Å². The molecule has 2 aliphatic heterocycles. The maximum Gasteiger partial charge on any atom is 0.253 e. The quantitative estimate of drug-likeness (QED) is 0.430. The SMILES string of the molecule is O=C(N[C@@H](Cc1ccccc1)C(=O)N1CCC[C@H]1C(O)C(=O)N1CCCC1)c1cccc(Oc2ccccc2)c1. The minimum absolute atomic E-state index is 0.283. The van der Waals surface area contributed by atoms with Gasteiger partial charge in [-0.25, -0.2) is 0 Å². The molecule has 3 aromatic carbocycles. The molecular formula is C32H35N3O5. The van der Waals surface area contributed by atoms with Crippen molar-refractivity contribution >= 4 is 17.7 Å². The van der Waals surface area contributed by atoms with E-state index in [2.05, 4.69) is 5.32 Å². The lowest BCUT2D eigenvalue weighted by Crippen LogP contribution is -2.55. The van der Waals surface area contributed by atoms with Crippen molar-refractivity contribution in [3.8, 4) is 11.5 Å². The van der Waals surface area contributed by atoms with Gasteiger partial charge in [0.2, 0.25) is 5.91 Å². The second-order valence-corrected chi connectivity index (χ2v) is 10.4. The highest BCUT2D eigenvalue weighted by Gasteiger charge is 2.41. The first-order chi connectivity index (χ1) is 19.5. The molecule has 2 heterocycles. The van der Waals surface area contributed by atoms with E-state index in [1.54, 1.807) is 34.1 Å². The number of nitrogens with zero attached hydrogens (tertiary/aromatic N) is 2. The van der Waals surface area contributed by atoms with Crippen molar-refractivity contribution in [1.82, 2.24) is 15.1 Å². The first-order valence-corrected chi connectivity index (χ1v) is 13.9. The van der Waals surface area contributed by atoms with E-state index in [0.717, 1.165) is 18.4 Å². The number of aliphatic hydroxyl groups is 1. The molecule has 3 atom stereocenters. The predicted molar refractivity (Wildman–Crippen MR) is 151 cm³/mol. The van der Waals surface area contributed by atoms with Crippen LogP contribution in [0.25, 0.3) is 0 Å². The molecule has 0 radical (unpaired) electrons. The van der Waals surface area contributed by atoms with Gasteiger partial charge in [-0.15, -0.1) is 0 Å². The summed E-state index contributed by atoms with van der Waals surface area (Å²) in [6, 6.07) is 24.1. The number of rotatable bonds is 9. The fraction of sp³-hybridized carbons (Fsp3) is 0.344. The topological polar surface area (TPSA) is 99.2 Å². The van der Waals surface area contributed by atoms with Crippen LogP contribution in [-0.2, 0) is 16.0 Å². The molecule has 0 spiro atoms. The molecule has 3 aromatic rings. The van der Waals surface area contributed by atoms with Gasteiger partial charge in [0.25, 0.3) is 11.8 Å². The van der Waals surface area contributed by atoms with Crippen LogP contribution in [0.2, 0.25) is 0 Å². The number of ether oxygens (including phenoxy) is 1. The monoisotopic (exact) mass is 541 g/mol. The van der Waals surface area contributed by atoms with Gasteiger partial charge >= 0.3 is 0 Å². The predicted octanol–water partition coefficient (Wildman–Crippen LogP) is 3.79. The van der Waals surface area contributed by atoms with Gasteiger partial charge < -0.3 is 25.0 Å². The summed E-state index contributed by atoms with van der Waals surface area (Å²) in [5, 5.41) is 13.9. The van der Waals surface area contributed by atoms with E-state index in [0.29, 0.717) is 49.5 Å². The van der Waals surface area contributed by atoms with Crippen LogP contribution < -0.4 is 10.1 Å². The van der Waals surface area contributed by atoms with Gasteiger partial charge in [-0.2, -0.15) is 0 Å². The summed E-state index contributed by atoms with van der Waals surface area (Å²) in [7, 11) is 0. The van der Waals surface area contributed by atoms with Gasteiger partial charge in [0.15, 0.2) is 6.10 Å². The van der Waals surface area contributed by atoms with Crippen LogP contribution in [0.5, 0.6) is 11.5 Å². The number of amides is 3. The Morgan fingerprint density at radius 1 is 0.825 bits per heavy atom. The molecule has 2 N–H and O–H groups in total. The number of aliphatic hydroxyl groups excluding tert-OH is 1. The first-order valence-electron chi connectivity index (χ1n) is 13.9. The van der Waals surface area contributed by atoms with Gasteiger partial charge in [0.1, 0.15) is 17.5 Å². The number of carbonyl (C=O) groups excluding carboxylic acids is 3. The maximum absolute atomic E-state index is 13.9. The summed E-state index contributed by atoms with van der Waals surface area (Å²) in [6.07, 6.45) is 2.08. The fourth-order valence-corrected chi connectivity index (χ4v) is 5.50. The van der Waals surface area contributed by atoms with Crippen molar-refractivity contribution in [3.05, 3.63) is 96.1 Å². The van der Waals surface area contributed by atoms with E-state index in [4.69, 9.17) is 4.74 Å². The third-order valence-corrected chi connectivity index (χ3v) is 7.58. The van der Waals surface area contributed by atoms with Crippen molar-refractivity contribution < 1.29 is 24.2 Å². The lowest BCUT2D eigenvalue weighted by molar-refractivity contribution is -0.146. The molecule has 2 fully saturated rings. The molecule has 5 rings (SSSR count).